The zero-order chi connectivity index (χ0) is 13.7. The van der Waals surface area contributed by atoms with Crippen molar-refractivity contribution in [3.63, 3.8) is 0 Å². The van der Waals surface area contributed by atoms with E-state index >= 15 is 0 Å². The normalized spacial score (nSPS) is 21.2. The van der Waals surface area contributed by atoms with Crippen molar-refractivity contribution in [2.24, 2.45) is 11.8 Å². The van der Waals surface area contributed by atoms with Gasteiger partial charge in [0.15, 0.2) is 0 Å². The fourth-order valence-electron chi connectivity index (χ4n) is 2.81. The Hall–Kier alpha value is -0.520. The second kappa shape index (κ2) is 7.31. The van der Waals surface area contributed by atoms with Crippen LogP contribution in [0.2, 0.25) is 0 Å². The quantitative estimate of drug-likeness (QED) is 0.595. The summed E-state index contributed by atoms with van der Waals surface area (Å²) in [7, 11) is 0. The van der Waals surface area contributed by atoms with Gasteiger partial charge in [0.05, 0.1) is 11.7 Å². The highest BCUT2D eigenvalue weighted by atomic mass is 32.2. The lowest BCUT2D eigenvalue weighted by atomic mass is 9.96. The smallest absolute Gasteiger partial charge is 0.0640 e. The average Bonchev–Trinajstić information content (AvgIpc) is 3.09. The van der Waals surface area contributed by atoms with E-state index in [9.17, 15) is 0 Å². The maximum Gasteiger partial charge on any atom is 0.0640 e. The molecule has 0 aliphatic carbocycles. The van der Waals surface area contributed by atoms with Gasteiger partial charge in [-0.15, -0.1) is 0 Å². The summed E-state index contributed by atoms with van der Waals surface area (Å²) >= 11 is 2.03. The van der Waals surface area contributed by atoms with Crippen LogP contribution >= 0.6 is 11.8 Å². The van der Waals surface area contributed by atoms with Crippen molar-refractivity contribution in [2.45, 2.75) is 51.6 Å². The number of thioether (sulfide) groups is 1. The molecule has 5 heteroatoms. The number of nitrogens with zero attached hydrogens (tertiary/aromatic N) is 2. The number of rotatable bonds is 7. The summed E-state index contributed by atoms with van der Waals surface area (Å²) in [5, 5.41) is 4.73. The predicted molar refractivity (Wildman–Crippen MR) is 82.1 cm³/mol. The van der Waals surface area contributed by atoms with Gasteiger partial charge < -0.3 is 0 Å². The van der Waals surface area contributed by atoms with Gasteiger partial charge in [-0.05, 0) is 42.8 Å². The van der Waals surface area contributed by atoms with Crippen molar-refractivity contribution < 1.29 is 0 Å². The highest BCUT2D eigenvalue weighted by Gasteiger charge is 2.25. The molecule has 0 spiro atoms. The number of hydrogen-bond donors (Lipinski definition) is 2. The maximum atomic E-state index is 5.73. The average molecular weight is 282 g/mol. The predicted octanol–water partition coefficient (Wildman–Crippen LogP) is 2.37. The number of nitrogens with two attached hydrogens (primary N) is 1. The molecule has 1 aliphatic rings. The van der Waals surface area contributed by atoms with Gasteiger partial charge in [-0.1, -0.05) is 13.8 Å². The SMILES string of the molecule is CCC(CC)n1ccc(CC(NN)C2CCSC2)n1. The zero-order valence-corrected chi connectivity index (χ0v) is 12.8. The number of hydrazine groups is 1. The highest BCUT2D eigenvalue weighted by molar-refractivity contribution is 7.99. The van der Waals surface area contributed by atoms with Crippen LogP contribution in [0.25, 0.3) is 0 Å². The maximum absolute atomic E-state index is 5.73. The van der Waals surface area contributed by atoms with Crippen molar-refractivity contribution >= 4 is 11.8 Å². The van der Waals surface area contributed by atoms with E-state index in [1.165, 1.54) is 17.9 Å². The van der Waals surface area contributed by atoms with Crippen LogP contribution in [0.3, 0.4) is 0 Å². The van der Waals surface area contributed by atoms with Gasteiger partial charge in [-0.25, -0.2) is 0 Å². The summed E-state index contributed by atoms with van der Waals surface area (Å²) < 4.78 is 2.12. The fraction of sp³-hybridized carbons (Fsp3) is 0.786. The third-order valence-corrected chi connectivity index (χ3v) is 5.35. The molecule has 3 N–H and O–H groups in total. The van der Waals surface area contributed by atoms with Crippen LogP contribution in [-0.4, -0.2) is 27.3 Å². The summed E-state index contributed by atoms with van der Waals surface area (Å²) in [4.78, 5) is 0. The Morgan fingerprint density at radius 3 is 2.89 bits per heavy atom. The number of aromatic nitrogens is 2. The van der Waals surface area contributed by atoms with E-state index in [4.69, 9.17) is 10.9 Å². The van der Waals surface area contributed by atoms with Crippen molar-refractivity contribution in [3.8, 4) is 0 Å². The molecule has 108 valence electrons. The molecule has 0 aromatic carbocycles. The van der Waals surface area contributed by atoms with Crippen LogP contribution in [0, 0.1) is 5.92 Å². The first-order valence-corrected chi connectivity index (χ1v) is 8.51. The Labute approximate surface area is 120 Å². The molecule has 4 nitrogen and oxygen atoms in total. The van der Waals surface area contributed by atoms with Crippen molar-refractivity contribution in [1.29, 1.82) is 0 Å². The minimum atomic E-state index is 0.361. The second-order valence-corrected chi connectivity index (χ2v) is 6.51. The standard InChI is InChI=1S/C14H26N4S/c1-3-13(4-2)18-7-5-12(17-18)9-14(16-15)11-6-8-19-10-11/h5,7,11,13-14,16H,3-4,6,8-10,15H2,1-2H3. The summed E-state index contributed by atoms with van der Waals surface area (Å²) in [5.41, 5.74) is 4.16. The Morgan fingerprint density at radius 2 is 2.32 bits per heavy atom. The van der Waals surface area contributed by atoms with E-state index in [1.54, 1.807) is 0 Å². The fourth-order valence-corrected chi connectivity index (χ4v) is 4.15. The van der Waals surface area contributed by atoms with Gasteiger partial charge in [-0.2, -0.15) is 16.9 Å². The molecule has 2 rings (SSSR count). The molecule has 2 atom stereocenters. The molecular weight excluding hydrogens is 256 g/mol. The number of nitrogens with one attached hydrogen (secondary N) is 1. The highest BCUT2D eigenvalue weighted by Crippen LogP contribution is 2.27. The van der Waals surface area contributed by atoms with Crippen LogP contribution < -0.4 is 11.3 Å². The van der Waals surface area contributed by atoms with Gasteiger partial charge in [-0.3, -0.25) is 16.0 Å². The van der Waals surface area contributed by atoms with Gasteiger partial charge in [0.25, 0.3) is 0 Å². The Balaban J connectivity index is 1.97. The van der Waals surface area contributed by atoms with Crippen LogP contribution in [0.15, 0.2) is 12.3 Å². The summed E-state index contributed by atoms with van der Waals surface area (Å²) in [5.74, 6) is 8.91. The first-order valence-electron chi connectivity index (χ1n) is 7.36. The molecule has 1 aromatic heterocycles. The minimum Gasteiger partial charge on any atom is -0.271 e. The van der Waals surface area contributed by atoms with Gasteiger partial charge >= 0.3 is 0 Å². The lowest BCUT2D eigenvalue weighted by Gasteiger charge is -2.21. The molecule has 1 saturated heterocycles. The van der Waals surface area contributed by atoms with Crippen molar-refractivity contribution in [1.82, 2.24) is 15.2 Å². The summed E-state index contributed by atoms with van der Waals surface area (Å²) in [6.07, 6.45) is 6.59. The third-order valence-electron chi connectivity index (χ3n) is 4.16. The van der Waals surface area contributed by atoms with Gasteiger partial charge in [0.1, 0.15) is 0 Å². The Kier molecular flexibility index (Phi) is 5.73. The molecule has 1 fully saturated rings. The lowest BCUT2D eigenvalue weighted by molar-refractivity contribution is 0.377. The molecule has 2 heterocycles. The Morgan fingerprint density at radius 1 is 1.53 bits per heavy atom. The number of hydrogen-bond acceptors (Lipinski definition) is 4. The van der Waals surface area contributed by atoms with Crippen LogP contribution in [0.5, 0.6) is 0 Å². The molecule has 1 aliphatic heterocycles. The molecule has 0 radical (unpaired) electrons. The molecule has 1 aromatic rings. The van der Waals surface area contributed by atoms with Gasteiger partial charge in [0, 0.05) is 18.7 Å². The summed E-state index contributed by atoms with van der Waals surface area (Å²) in [6, 6.07) is 3.03. The second-order valence-electron chi connectivity index (χ2n) is 5.36. The summed E-state index contributed by atoms with van der Waals surface area (Å²) in [6.45, 7) is 4.44. The monoisotopic (exact) mass is 282 g/mol. The first kappa shape index (κ1) is 14.9. The van der Waals surface area contributed by atoms with Crippen LogP contribution in [-0.2, 0) is 6.42 Å². The van der Waals surface area contributed by atoms with E-state index in [0.29, 0.717) is 18.0 Å². The first-order chi connectivity index (χ1) is 9.28. The molecule has 0 saturated carbocycles. The molecule has 19 heavy (non-hydrogen) atoms. The molecule has 0 amide bonds. The third kappa shape index (κ3) is 3.74. The molecule has 2 unspecified atom stereocenters. The largest absolute Gasteiger partial charge is 0.271 e. The lowest BCUT2D eigenvalue weighted by Crippen LogP contribution is -2.42. The zero-order valence-electron chi connectivity index (χ0n) is 12.0. The van der Waals surface area contributed by atoms with E-state index in [1.807, 2.05) is 11.8 Å². The minimum absolute atomic E-state index is 0.361. The topological polar surface area (TPSA) is 55.9 Å². The Bertz CT molecular complexity index is 369. The van der Waals surface area contributed by atoms with E-state index in [0.717, 1.165) is 25.0 Å². The van der Waals surface area contributed by atoms with E-state index < -0.39 is 0 Å². The van der Waals surface area contributed by atoms with E-state index in [2.05, 4.69) is 36.2 Å². The van der Waals surface area contributed by atoms with Gasteiger partial charge in [0.2, 0.25) is 0 Å². The van der Waals surface area contributed by atoms with Crippen molar-refractivity contribution in [2.75, 3.05) is 11.5 Å². The van der Waals surface area contributed by atoms with E-state index in [-0.39, 0.29) is 0 Å². The van der Waals surface area contributed by atoms with Crippen molar-refractivity contribution in [3.05, 3.63) is 18.0 Å². The molecule has 0 bridgehead atoms. The van der Waals surface area contributed by atoms with Crippen LogP contribution in [0.4, 0.5) is 0 Å². The molecular formula is C14H26N4S. The van der Waals surface area contributed by atoms with Crippen LogP contribution in [0.1, 0.15) is 44.8 Å².